The van der Waals surface area contributed by atoms with Crippen molar-refractivity contribution in [3.63, 3.8) is 0 Å². The van der Waals surface area contributed by atoms with Gasteiger partial charge in [-0.05, 0) is 96.6 Å². The van der Waals surface area contributed by atoms with Gasteiger partial charge in [0, 0.05) is 22.2 Å². The number of rotatable bonds is 4. The van der Waals surface area contributed by atoms with Gasteiger partial charge in [0.1, 0.15) is 0 Å². The van der Waals surface area contributed by atoms with Crippen molar-refractivity contribution in [2.24, 2.45) is 0 Å². The molecule has 3 heteroatoms. The van der Waals surface area contributed by atoms with E-state index in [0.29, 0.717) is 0 Å². The second-order valence-electron chi connectivity index (χ2n) is 16.9. The normalized spacial score (nSPS) is 16.1. The lowest BCUT2D eigenvalue weighted by Gasteiger charge is -2.44. The number of hydrogen-bond donors (Lipinski definition) is 0. The predicted octanol–water partition coefficient (Wildman–Crippen LogP) is 11.3. The smallest absolute Gasteiger partial charge is 0.183 e. The van der Waals surface area contributed by atoms with Gasteiger partial charge in [0.15, 0.2) is 8.07 Å². The molecule has 0 unspecified atom stereocenters. The van der Waals surface area contributed by atoms with Crippen LogP contribution in [-0.4, -0.2) is 8.07 Å². The molecule has 8 aromatic carbocycles. The molecule has 2 nitrogen and oxygen atoms in total. The first-order chi connectivity index (χ1) is 27.8. The zero-order valence-corrected chi connectivity index (χ0v) is 33.9. The van der Waals surface area contributed by atoms with E-state index in [1.165, 1.54) is 88.3 Å². The summed E-state index contributed by atoms with van der Waals surface area (Å²) in [5.41, 5.74) is 15.2. The van der Waals surface area contributed by atoms with Crippen LogP contribution in [0.2, 0.25) is 0 Å². The Morgan fingerprint density at radius 3 is 1.23 bits per heavy atom. The molecule has 0 aromatic heterocycles. The molecule has 0 saturated carbocycles. The molecule has 0 spiro atoms. The Kier molecular flexibility index (Phi) is 7.30. The minimum Gasteiger partial charge on any atom is -0.310 e. The minimum absolute atomic E-state index is 0.125. The van der Waals surface area contributed by atoms with Crippen LogP contribution in [0, 0.1) is 0 Å². The number of benzene rings is 8. The lowest BCUT2D eigenvalue weighted by molar-refractivity contribution is 0.632. The fourth-order valence-electron chi connectivity index (χ4n) is 10.7. The van der Waals surface area contributed by atoms with E-state index in [2.05, 4.69) is 232 Å². The van der Waals surface area contributed by atoms with Gasteiger partial charge >= 0.3 is 0 Å². The molecule has 57 heavy (non-hydrogen) atoms. The summed E-state index contributed by atoms with van der Waals surface area (Å²) in [6.07, 6.45) is 0. The van der Waals surface area contributed by atoms with Crippen molar-refractivity contribution in [1.29, 1.82) is 0 Å². The summed E-state index contributed by atoms with van der Waals surface area (Å²) in [5, 5.41) is 5.67. The highest BCUT2D eigenvalue weighted by atomic mass is 28.3. The maximum atomic E-state index is 2.59. The van der Waals surface area contributed by atoms with Crippen LogP contribution in [0.4, 0.5) is 34.1 Å². The quantitative estimate of drug-likeness (QED) is 0.165. The zero-order valence-electron chi connectivity index (χ0n) is 32.9. The summed E-state index contributed by atoms with van der Waals surface area (Å²) in [4.78, 5) is 5.10. The zero-order chi connectivity index (χ0) is 38.5. The largest absolute Gasteiger partial charge is 0.310 e. The van der Waals surface area contributed by atoms with Crippen molar-refractivity contribution in [2.75, 3.05) is 9.80 Å². The molecule has 0 bridgehead atoms. The Balaban J connectivity index is 1.24. The van der Waals surface area contributed by atoms with Gasteiger partial charge in [-0.1, -0.05) is 179 Å². The highest BCUT2D eigenvalue weighted by Crippen LogP contribution is 2.54. The third kappa shape index (κ3) is 4.58. The lowest BCUT2D eigenvalue weighted by Crippen LogP contribution is -2.73. The summed E-state index contributed by atoms with van der Waals surface area (Å²) in [6.45, 7) is 9.47. The minimum atomic E-state index is -2.93. The van der Waals surface area contributed by atoms with Crippen molar-refractivity contribution in [3.05, 3.63) is 216 Å². The molecule has 0 saturated heterocycles. The fraction of sp³-hybridized carbons (Fsp3) is 0.111. The van der Waals surface area contributed by atoms with Gasteiger partial charge in [-0.25, -0.2) is 0 Å². The van der Waals surface area contributed by atoms with E-state index < -0.39 is 8.07 Å². The van der Waals surface area contributed by atoms with Crippen LogP contribution in [-0.2, 0) is 10.8 Å². The Hall–Kier alpha value is -6.42. The van der Waals surface area contributed by atoms with E-state index in [9.17, 15) is 0 Å². The molecular weight excluding hydrogens is 705 g/mol. The molecule has 3 heterocycles. The summed E-state index contributed by atoms with van der Waals surface area (Å²) >= 11 is 0. The summed E-state index contributed by atoms with van der Waals surface area (Å²) in [7, 11) is -2.93. The monoisotopic (exact) mass is 748 g/mol. The van der Waals surface area contributed by atoms with E-state index in [1.54, 1.807) is 0 Å². The van der Waals surface area contributed by atoms with Gasteiger partial charge in [0.2, 0.25) is 0 Å². The fourth-order valence-corrected chi connectivity index (χ4v) is 16.1. The highest BCUT2D eigenvalue weighted by molar-refractivity contribution is 7.22. The Morgan fingerprint density at radius 1 is 0.351 bits per heavy atom. The molecular formula is C54H44N2Si. The van der Waals surface area contributed by atoms with Crippen LogP contribution in [0.5, 0.6) is 0 Å². The van der Waals surface area contributed by atoms with Crippen molar-refractivity contribution in [2.45, 2.75) is 38.5 Å². The topological polar surface area (TPSA) is 6.48 Å². The van der Waals surface area contributed by atoms with Crippen molar-refractivity contribution in [3.8, 4) is 11.1 Å². The van der Waals surface area contributed by atoms with Gasteiger partial charge in [-0.3, -0.25) is 0 Å². The van der Waals surface area contributed by atoms with E-state index in [-0.39, 0.29) is 10.8 Å². The second kappa shape index (κ2) is 12.3. The van der Waals surface area contributed by atoms with Gasteiger partial charge in [0.05, 0.1) is 22.7 Å². The molecule has 0 N–H and O–H groups in total. The molecule has 0 amide bonds. The van der Waals surface area contributed by atoms with E-state index in [4.69, 9.17) is 0 Å². The first kappa shape index (κ1) is 33.9. The van der Waals surface area contributed by atoms with E-state index in [1.807, 2.05) is 0 Å². The summed E-state index contributed by atoms with van der Waals surface area (Å²) in [5.74, 6) is 0. The van der Waals surface area contributed by atoms with Crippen molar-refractivity contribution in [1.82, 2.24) is 0 Å². The lowest BCUT2D eigenvalue weighted by atomic mass is 9.73. The number of para-hydroxylation sites is 4. The number of hydrogen-bond acceptors (Lipinski definition) is 2. The van der Waals surface area contributed by atoms with Crippen LogP contribution in [0.3, 0.4) is 0 Å². The molecule has 0 atom stereocenters. The highest BCUT2D eigenvalue weighted by Gasteiger charge is 2.52. The van der Waals surface area contributed by atoms with Gasteiger partial charge < -0.3 is 9.80 Å². The van der Waals surface area contributed by atoms with Crippen LogP contribution >= 0.6 is 0 Å². The SMILES string of the molecule is CC1(C)c2ccccc2N(c2ccc3c(c2)-c2cccc(N4c5ccccc5C(C)(C)c5ccccc54)c2[Si]3(c2ccccc2)c2ccccc2)c2ccccc21. The predicted molar refractivity (Wildman–Crippen MR) is 243 cm³/mol. The molecule has 0 radical (unpaired) electrons. The molecule has 3 aliphatic heterocycles. The Bertz CT molecular complexity index is 2730. The number of nitrogens with zero attached hydrogens (tertiary/aromatic N) is 2. The van der Waals surface area contributed by atoms with Gasteiger partial charge in [0.25, 0.3) is 0 Å². The average Bonchev–Trinajstić information content (AvgIpc) is 3.56. The van der Waals surface area contributed by atoms with Crippen LogP contribution in [0.1, 0.15) is 49.9 Å². The molecule has 11 rings (SSSR count). The van der Waals surface area contributed by atoms with Crippen LogP contribution in [0.25, 0.3) is 11.1 Å². The summed E-state index contributed by atoms with van der Waals surface area (Å²) in [6, 6.07) is 73.4. The number of anilines is 6. The maximum Gasteiger partial charge on any atom is 0.183 e. The average molecular weight is 749 g/mol. The third-order valence-corrected chi connectivity index (χ3v) is 18.2. The Morgan fingerprint density at radius 2 is 0.754 bits per heavy atom. The number of fused-ring (bicyclic) bond motifs is 7. The van der Waals surface area contributed by atoms with Gasteiger partial charge in [-0.15, -0.1) is 0 Å². The van der Waals surface area contributed by atoms with E-state index in [0.717, 1.165) is 0 Å². The maximum absolute atomic E-state index is 2.93. The molecule has 0 aliphatic carbocycles. The summed E-state index contributed by atoms with van der Waals surface area (Å²) < 4.78 is 0. The second-order valence-corrected chi connectivity index (χ2v) is 20.6. The van der Waals surface area contributed by atoms with Crippen molar-refractivity contribution < 1.29 is 0 Å². The van der Waals surface area contributed by atoms with E-state index >= 15 is 0 Å². The first-order valence-corrected chi connectivity index (χ1v) is 22.2. The molecule has 8 aromatic rings. The molecule has 3 aliphatic rings. The van der Waals surface area contributed by atoms with Crippen LogP contribution in [0.15, 0.2) is 194 Å². The Labute approximate surface area is 337 Å². The third-order valence-electron chi connectivity index (χ3n) is 13.3. The van der Waals surface area contributed by atoms with Gasteiger partial charge in [-0.2, -0.15) is 0 Å². The molecule has 274 valence electrons. The standard InChI is InChI=1S/C54H44N2Si/c1-53(2)42-25-11-15-29-46(42)55(47-30-16-12-26-43(47)53)37-34-35-51-41(36-37)40-24-19-33-50(52(40)57(51,38-20-7-5-8-21-38)39-22-9-6-10-23-39)56-48-31-17-13-27-44(48)54(3,4)45-28-14-18-32-49(45)56/h5-36H,1-4H3. The van der Waals surface area contributed by atoms with Crippen LogP contribution < -0.4 is 30.5 Å². The molecule has 0 fully saturated rings. The first-order valence-electron chi connectivity index (χ1n) is 20.2. The van der Waals surface area contributed by atoms with Crippen molar-refractivity contribution >= 4 is 62.9 Å².